The Bertz CT molecular complexity index is 487. The van der Waals surface area contributed by atoms with Gasteiger partial charge in [0, 0.05) is 24.1 Å². The first-order chi connectivity index (χ1) is 9.17. The highest BCUT2D eigenvalue weighted by Gasteiger charge is 2.14. The van der Waals surface area contributed by atoms with Crippen molar-refractivity contribution in [1.82, 2.24) is 0 Å². The number of nitrogens with one attached hydrogen (secondary N) is 2. The van der Waals surface area contributed by atoms with Crippen molar-refractivity contribution in [3.05, 3.63) is 24.3 Å². The monoisotopic (exact) mass is 277 g/mol. The number of amides is 1. The van der Waals surface area contributed by atoms with Gasteiger partial charge in [-0.05, 0) is 31.0 Å². The fourth-order valence-electron chi connectivity index (χ4n) is 1.92. The second-order valence-electron chi connectivity index (χ2n) is 4.52. The lowest BCUT2D eigenvalue weighted by Gasteiger charge is -2.19. The Morgan fingerprint density at radius 2 is 2.26 bits per heavy atom. The highest BCUT2D eigenvalue weighted by molar-refractivity contribution is 8.14. The normalized spacial score (nSPS) is 18.6. The Kier molecular flexibility index (Phi) is 4.85. The number of thioether (sulfide) groups is 1. The molecular formula is C14H19N3OS. The van der Waals surface area contributed by atoms with Crippen molar-refractivity contribution >= 4 is 34.2 Å². The van der Waals surface area contributed by atoms with Crippen LogP contribution in [-0.4, -0.2) is 22.9 Å². The van der Waals surface area contributed by atoms with Gasteiger partial charge < -0.3 is 10.6 Å². The SMILES string of the molecule is CCC1CCSC(Nc2cccc(NC(C)=O)c2)=N1. The number of hydrogen-bond acceptors (Lipinski definition) is 4. The molecule has 1 aliphatic heterocycles. The standard InChI is InChI=1S/C14H19N3OS/c1-3-11-7-8-19-14(16-11)17-13-6-4-5-12(9-13)15-10(2)18/h4-6,9,11H,3,7-8H2,1-2H3,(H,15,18)(H,16,17). The third-order valence-electron chi connectivity index (χ3n) is 2.90. The average molecular weight is 277 g/mol. The largest absolute Gasteiger partial charge is 0.335 e. The van der Waals surface area contributed by atoms with E-state index in [9.17, 15) is 4.79 Å². The molecule has 1 heterocycles. The number of anilines is 2. The van der Waals surface area contributed by atoms with Crippen molar-refractivity contribution in [2.45, 2.75) is 32.7 Å². The van der Waals surface area contributed by atoms with E-state index < -0.39 is 0 Å². The Morgan fingerprint density at radius 1 is 1.47 bits per heavy atom. The lowest BCUT2D eigenvalue weighted by molar-refractivity contribution is -0.114. The fraction of sp³-hybridized carbons (Fsp3) is 0.429. The van der Waals surface area contributed by atoms with Crippen LogP contribution in [-0.2, 0) is 4.79 Å². The fourth-order valence-corrected chi connectivity index (χ4v) is 2.92. The van der Waals surface area contributed by atoms with Crippen LogP contribution < -0.4 is 10.6 Å². The van der Waals surface area contributed by atoms with Crippen molar-refractivity contribution in [3.8, 4) is 0 Å². The molecule has 1 aromatic rings. The average Bonchev–Trinajstić information content (AvgIpc) is 2.38. The second-order valence-corrected chi connectivity index (χ2v) is 5.60. The minimum atomic E-state index is -0.0624. The maximum Gasteiger partial charge on any atom is 0.221 e. The molecule has 1 unspecified atom stereocenters. The van der Waals surface area contributed by atoms with E-state index in [1.165, 1.54) is 6.92 Å². The molecule has 0 bridgehead atoms. The summed E-state index contributed by atoms with van der Waals surface area (Å²) in [5, 5.41) is 7.07. The molecule has 4 nitrogen and oxygen atoms in total. The summed E-state index contributed by atoms with van der Waals surface area (Å²) in [6.07, 6.45) is 2.23. The maximum absolute atomic E-state index is 11.0. The summed E-state index contributed by atoms with van der Waals surface area (Å²) in [5.41, 5.74) is 1.75. The summed E-state index contributed by atoms with van der Waals surface area (Å²) < 4.78 is 0. The van der Waals surface area contributed by atoms with Gasteiger partial charge in [0.25, 0.3) is 0 Å². The first-order valence-corrected chi connectivity index (χ1v) is 7.51. The highest BCUT2D eigenvalue weighted by atomic mass is 32.2. The third kappa shape index (κ3) is 4.28. The van der Waals surface area contributed by atoms with Gasteiger partial charge >= 0.3 is 0 Å². The number of hydrogen-bond donors (Lipinski definition) is 2. The van der Waals surface area contributed by atoms with E-state index >= 15 is 0 Å². The van der Waals surface area contributed by atoms with Gasteiger partial charge in [-0.1, -0.05) is 24.8 Å². The topological polar surface area (TPSA) is 53.5 Å². The van der Waals surface area contributed by atoms with Crippen LogP contribution in [0.4, 0.5) is 11.4 Å². The third-order valence-corrected chi connectivity index (χ3v) is 3.82. The summed E-state index contributed by atoms with van der Waals surface area (Å²) in [4.78, 5) is 15.7. The van der Waals surface area contributed by atoms with Gasteiger partial charge in [-0.3, -0.25) is 9.79 Å². The molecule has 1 atom stereocenters. The minimum absolute atomic E-state index is 0.0624. The van der Waals surface area contributed by atoms with E-state index in [2.05, 4.69) is 22.5 Å². The van der Waals surface area contributed by atoms with E-state index in [1.807, 2.05) is 24.3 Å². The van der Waals surface area contributed by atoms with Gasteiger partial charge in [-0.25, -0.2) is 0 Å². The maximum atomic E-state index is 11.0. The first-order valence-electron chi connectivity index (χ1n) is 6.52. The quantitative estimate of drug-likeness (QED) is 0.891. The lowest BCUT2D eigenvalue weighted by Crippen LogP contribution is -2.19. The zero-order chi connectivity index (χ0) is 13.7. The number of carbonyl (C=O) groups excluding carboxylic acids is 1. The van der Waals surface area contributed by atoms with Crippen molar-refractivity contribution in [1.29, 1.82) is 0 Å². The molecule has 0 saturated heterocycles. The van der Waals surface area contributed by atoms with Gasteiger partial charge in [-0.15, -0.1) is 0 Å². The number of benzene rings is 1. The van der Waals surface area contributed by atoms with Gasteiger partial charge in [0.15, 0.2) is 5.17 Å². The Balaban J connectivity index is 2.06. The number of amidine groups is 1. The van der Waals surface area contributed by atoms with Gasteiger partial charge in [0.1, 0.15) is 0 Å². The van der Waals surface area contributed by atoms with E-state index in [0.717, 1.165) is 35.1 Å². The van der Waals surface area contributed by atoms with Gasteiger partial charge in [0.2, 0.25) is 5.91 Å². The lowest BCUT2D eigenvalue weighted by atomic mass is 10.2. The van der Waals surface area contributed by atoms with Crippen LogP contribution in [0.3, 0.4) is 0 Å². The zero-order valence-corrected chi connectivity index (χ0v) is 12.1. The smallest absolute Gasteiger partial charge is 0.221 e. The number of carbonyl (C=O) groups is 1. The van der Waals surface area contributed by atoms with Crippen LogP contribution in [0.5, 0.6) is 0 Å². The van der Waals surface area contributed by atoms with Crippen LogP contribution in [0.1, 0.15) is 26.7 Å². The molecule has 0 radical (unpaired) electrons. The van der Waals surface area contributed by atoms with Crippen LogP contribution in [0.25, 0.3) is 0 Å². The molecular weight excluding hydrogens is 258 g/mol. The summed E-state index contributed by atoms with van der Waals surface area (Å²) in [6.45, 7) is 3.67. The summed E-state index contributed by atoms with van der Waals surface area (Å²) in [7, 11) is 0. The van der Waals surface area contributed by atoms with Crippen LogP contribution in [0.15, 0.2) is 29.3 Å². The molecule has 102 valence electrons. The van der Waals surface area contributed by atoms with E-state index in [4.69, 9.17) is 0 Å². The Labute approximate surface area is 118 Å². The molecule has 5 heteroatoms. The molecule has 19 heavy (non-hydrogen) atoms. The number of rotatable bonds is 3. The van der Waals surface area contributed by atoms with Gasteiger partial charge in [-0.2, -0.15) is 0 Å². The first kappa shape index (κ1) is 13.9. The molecule has 1 amide bonds. The molecule has 0 aliphatic carbocycles. The van der Waals surface area contributed by atoms with Crippen molar-refractivity contribution in [2.75, 3.05) is 16.4 Å². The van der Waals surface area contributed by atoms with Crippen molar-refractivity contribution < 1.29 is 4.79 Å². The van der Waals surface area contributed by atoms with E-state index in [0.29, 0.717) is 6.04 Å². The predicted octanol–water partition coefficient (Wildman–Crippen LogP) is 3.33. The zero-order valence-electron chi connectivity index (χ0n) is 11.3. The van der Waals surface area contributed by atoms with Crippen molar-refractivity contribution in [2.24, 2.45) is 4.99 Å². The molecule has 2 rings (SSSR count). The van der Waals surface area contributed by atoms with Crippen LogP contribution in [0, 0.1) is 0 Å². The predicted molar refractivity (Wildman–Crippen MR) is 83.0 cm³/mol. The molecule has 1 aromatic carbocycles. The summed E-state index contributed by atoms with van der Waals surface area (Å²) in [6, 6.07) is 8.11. The highest BCUT2D eigenvalue weighted by Crippen LogP contribution is 2.22. The summed E-state index contributed by atoms with van der Waals surface area (Å²) >= 11 is 1.75. The molecule has 0 saturated carbocycles. The Morgan fingerprint density at radius 3 is 3.00 bits per heavy atom. The van der Waals surface area contributed by atoms with Crippen molar-refractivity contribution in [3.63, 3.8) is 0 Å². The molecule has 0 spiro atoms. The van der Waals surface area contributed by atoms with Crippen LogP contribution >= 0.6 is 11.8 Å². The second kappa shape index (κ2) is 6.61. The molecule has 1 aliphatic rings. The minimum Gasteiger partial charge on any atom is -0.335 e. The number of nitrogens with zero attached hydrogens (tertiary/aromatic N) is 1. The van der Waals surface area contributed by atoms with Gasteiger partial charge in [0.05, 0.1) is 6.04 Å². The molecule has 0 fully saturated rings. The van der Waals surface area contributed by atoms with E-state index in [-0.39, 0.29) is 5.91 Å². The Hall–Kier alpha value is -1.49. The van der Waals surface area contributed by atoms with Crippen LogP contribution in [0.2, 0.25) is 0 Å². The summed E-state index contributed by atoms with van der Waals surface area (Å²) in [5.74, 6) is 1.04. The molecule has 0 aromatic heterocycles. The molecule has 2 N–H and O–H groups in total. The number of aliphatic imine (C=N–C) groups is 1. The van der Waals surface area contributed by atoms with E-state index in [1.54, 1.807) is 11.8 Å².